The molecule has 0 saturated heterocycles. The number of aliphatic hydroxyl groups excluding tert-OH is 6. The van der Waals surface area contributed by atoms with E-state index in [0.29, 0.717) is 74.9 Å². The van der Waals surface area contributed by atoms with Crippen molar-refractivity contribution in [2.24, 2.45) is 139 Å². The first-order valence-electron chi connectivity index (χ1n) is 43.2. The zero-order valence-corrected chi connectivity index (χ0v) is 68.9. The van der Waals surface area contributed by atoms with Gasteiger partial charge in [-0.05, 0) is 293 Å². The molecule has 0 aromatic carbocycles. The predicted molar refractivity (Wildman–Crippen MR) is 411 cm³/mol. The molecule has 614 valence electrons. The molecule has 0 aliphatic heterocycles. The summed E-state index contributed by atoms with van der Waals surface area (Å²) in [7, 11) is 0.587. The summed E-state index contributed by atoms with van der Waals surface area (Å²) in [6.07, 6.45) is 24.2. The third kappa shape index (κ3) is 13.9. The van der Waals surface area contributed by atoms with Crippen LogP contribution in [0.2, 0.25) is 0 Å². The fraction of sp³-hybridized carbons (Fsp3) is 0.893. The summed E-state index contributed by atoms with van der Waals surface area (Å²) in [4.78, 5) is 36.6. The van der Waals surface area contributed by atoms with Crippen molar-refractivity contribution in [3.05, 3.63) is 35.7 Å². The molecule has 3 aromatic heterocycles. The molecule has 0 bridgehead atoms. The maximum Gasteiger partial charge on any atom is 0.305 e. The normalized spacial score (nSPS) is 45.2. The summed E-state index contributed by atoms with van der Waals surface area (Å²) in [6, 6.07) is 0.134. The van der Waals surface area contributed by atoms with Gasteiger partial charge in [-0.1, -0.05) is 78.0 Å². The van der Waals surface area contributed by atoms with Crippen LogP contribution in [0.25, 0.3) is 0 Å². The Bertz CT molecular complexity index is 3450. The number of esters is 3. The van der Waals surface area contributed by atoms with Gasteiger partial charge < -0.3 is 44.8 Å². The minimum absolute atomic E-state index is 0.0446. The summed E-state index contributed by atoms with van der Waals surface area (Å²) in [6.45, 7) is 21.1. The van der Waals surface area contributed by atoms with E-state index in [4.69, 9.17) is 29.9 Å². The van der Waals surface area contributed by atoms with Crippen LogP contribution in [0.4, 0.5) is 0 Å². The molecule has 12 aliphatic carbocycles. The maximum atomic E-state index is 15.7. The van der Waals surface area contributed by atoms with Crippen molar-refractivity contribution in [2.45, 2.75) is 310 Å². The molecule has 9 N–H and O–H groups in total. The molecular weight excluding hydrogens is 1420 g/mol. The van der Waals surface area contributed by atoms with Gasteiger partial charge in [-0.25, -0.2) is 29.3 Å². The molecule has 12 saturated carbocycles. The summed E-state index contributed by atoms with van der Waals surface area (Å²) in [5.41, 5.74) is 0.678. The number of nitrogens with one attached hydrogen (secondary N) is 3. The fourth-order valence-corrected chi connectivity index (χ4v) is 31.0. The van der Waals surface area contributed by atoms with Crippen molar-refractivity contribution < 1.29 is 63.8 Å². The number of aliphatic hydroxyl groups is 6. The van der Waals surface area contributed by atoms with E-state index < -0.39 is 44.2 Å². The molecule has 12 aliphatic rings. The second kappa shape index (κ2) is 31.0. The topological polar surface area (TPSA) is 346 Å². The molecule has 33 atom stereocenters. The Morgan fingerprint density at radius 3 is 0.964 bits per heavy atom. The largest absolute Gasteiger partial charge is 0.469 e. The molecule has 3 aromatic rings. The fourth-order valence-electron chi connectivity index (χ4n) is 29.5. The highest BCUT2D eigenvalue weighted by Crippen LogP contribution is 2.73. The lowest BCUT2D eigenvalue weighted by Crippen LogP contribution is -2.62. The van der Waals surface area contributed by atoms with Gasteiger partial charge in [0.1, 0.15) is 0 Å². The Hall–Kier alpha value is -4.30. The molecule has 3 unspecified atom stereocenters. The van der Waals surface area contributed by atoms with Crippen LogP contribution in [0.1, 0.15) is 271 Å². The first-order valence-corrected chi connectivity index (χ1v) is 44.9. The number of aromatic nitrogens is 9. The molecule has 0 amide bonds. The van der Waals surface area contributed by atoms with E-state index in [9.17, 15) is 45.0 Å². The van der Waals surface area contributed by atoms with Gasteiger partial charge >= 0.3 is 17.9 Å². The lowest BCUT2D eigenvalue weighted by molar-refractivity contribution is -0.204. The quantitative estimate of drug-likeness (QED) is 0.0228. The number of carbonyl (C=O) groups is 3. The molecule has 26 heteroatoms. The van der Waals surface area contributed by atoms with E-state index in [1.165, 1.54) is 21.3 Å². The Balaban J connectivity index is 0.609. The van der Waals surface area contributed by atoms with Crippen LogP contribution in [0.15, 0.2) is 18.6 Å². The van der Waals surface area contributed by atoms with Gasteiger partial charge in [-0.3, -0.25) is 18.9 Å². The van der Waals surface area contributed by atoms with Crippen LogP contribution in [-0.4, -0.2) is 151 Å². The van der Waals surface area contributed by atoms with E-state index in [-0.39, 0.29) is 195 Å². The third-order valence-corrected chi connectivity index (χ3v) is 37.7. The smallest absolute Gasteiger partial charge is 0.305 e. The SMILES string of the molecule is COC(=O)CC[C@@H](C)[C@H]1CC[C@H]2[C@@H]3[C@H](O)C[C@@H]4CC(n5cc(CNP(=O)(NCc6cn(C7CC[C@@]8(C)[C@@H](C7)C[C@@H](O)[C@@H]7[C@@H]8C[C@H](O)[C@]8(C)[C@@H]([C@H](C)CCC(=O)OC)CC[C@@H]78)nn6)NCc6cn(C7CC[C@@]8(C)[C@@H](C7)C[C@@H](O)[C@@H]7[C@@H]8C[C@H](O)[C@]8(C)[C@@H]([C@H](C)CCC(=O)OC)CC[C@@H]78)nn6)nn5)CC[C@]4(C)[C@H]3C[C@H](O)[C@]12C. The number of rotatable bonds is 24. The van der Waals surface area contributed by atoms with Crippen molar-refractivity contribution in [2.75, 3.05) is 21.3 Å². The van der Waals surface area contributed by atoms with Gasteiger partial charge in [0.25, 0.3) is 7.59 Å². The van der Waals surface area contributed by atoms with E-state index >= 15 is 4.57 Å². The molecule has 0 spiro atoms. The number of methoxy groups -OCH3 is 3. The van der Waals surface area contributed by atoms with Crippen LogP contribution in [-0.2, 0) is 52.8 Å². The first kappa shape index (κ1) is 80.9. The van der Waals surface area contributed by atoms with E-state index in [1.807, 2.05) is 32.6 Å². The Labute approximate surface area is 652 Å². The average molecular weight is 1550 g/mol. The average Bonchev–Trinajstić information content (AvgIpc) is 1.37. The number of ether oxygens (including phenoxy) is 3. The van der Waals surface area contributed by atoms with Crippen molar-refractivity contribution in [3.63, 3.8) is 0 Å². The summed E-state index contributed by atoms with van der Waals surface area (Å²) >= 11 is 0. The van der Waals surface area contributed by atoms with Gasteiger partial charge in [0.05, 0.1) is 112 Å². The summed E-state index contributed by atoms with van der Waals surface area (Å²) in [5.74, 6) is 3.08. The lowest BCUT2D eigenvalue weighted by Gasteiger charge is -2.63. The number of hydrogen-bond donors (Lipinski definition) is 9. The molecule has 25 nitrogen and oxygen atoms in total. The lowest BCUT2D eigenvalue weighted by atomic mass is 9.43. The number of carbonyl (C=O) groups excluding carboxylic acids is 3. The summed E-state index contributed by atoms with van der Waals surface area (Å²) in [5, 5.41) is 112. The highest BCUT2D eigenvalue weighted by atomic mass is 31.2. The molecule has 15 rings (SSSR count). The molecular formula is C84H135N12O13P. The van der Waals surface area contributed by atoms with Gasteiger partial charge in [-0.2, -0.15) is 0 Å². The Morgan fingerprint density at radius 2 is 0.700 bits per heavy atom. The van der Waals surface area contributed by atoms with Crippen molar-refractivity contribution in [1.29, 1.82) is 0 Å². The molecule has 0 radical (unpaired) electrons. The zero-order chi connectivity index (χ0) is 78.1. The molecule has 110 heavy (non-hydrogen) atoms. The third-order valence-electron chi connectivity index (χ3n) is 35.9. The second-order valence-electron chi connectivity index (χ2n) is 40.0. The van der Waals surface area contributed by atoms with Crippen molar-refractivity contribution in [3.8, 4) is 0 Å². The van der Waals surface area contributed by atoms with Crippen LogP contribution >= 0.6 is 7.59 Å². The Morgan fingerprint density at radius 1 is 0.427 bits per heavy atom. The van der Waals surface area contributed by atoms with Gasteiger partial charge in [-0.15, -0.1) is 15.3 Å². The summed E-state index contributed by atoms with van der Waals surface area (Å²) < 4.78 is 36.6. The number of hydrogen-bond acceptors (Lipinski definition) is 19. The van der Waals surface area contributed by atoms with Crippen molar-refractivity contribution in [1.82, 2.24) is 60.2 Å². The standard InChI is InChI=1S/C84H135N12O13P/c1-46(13-22-73(103)107-10)58-16-19-61-76-64(37-70(100)82(58,61)7)79(4)28-25-55(31-49(79)34-67(76)97)94-43-52(88-91-94)40-85-110(106,86-41-53-44-95(92-89-53)56-26-29-80(5)50(32-56)35-68(98)77-62-20-17-59(47(2)14-23-74(104)108-11)83(62,8)71(101)38-65(77)80)87-42-54-45-96(93-90-54)57-27-30-81(6)51(33-57)36-69(99)78-63-21-18-60(48(3)15-24-75(105)109-12)84(63,9)72(102)39-66(78)81/h43-51,55-72,76-78,97-102H,13-42H2,1-12H3,(H3,85,86,87,106)/t46-,47-,48-,49+,50+,51+,55?,56?,57?,58-,59-,60-,61+,62+,63+,64+,65+,66+,67-,68-,69-,70+,71+,72+,76+,77+,78+,79+,80+,81+,82-,83-,84-,110?/m1/s1. The minimum Gasteiger partial charge on any atom is -0.469 e. The van der Waals surface area contributed by atoms with Gasteiger partial charge in [0.15, 0.2) is 0 Å². The van der Waals surface area contributed by atoms with E-state index in [0.717, 1.165) is 116 Å². The van der Waals surface area contributed by atoms with E-state index in [1.54, 1.807) is 0 Å². The molecule has 12 fully saturated rings. The monoisotopic (exact) mass is 1550 g/mol. The van der Waals surface area contributed by atoms with Crippen LogP contribution in [0.5, 0.6) is 0 Å². The Kier molecular flexibility index (Phi) is 22.8. The maximum absolute atomic E-state index is 15.7. The van der Waals surface area contributed by atoms with Crippen LogP contribution in [0, 0.1) is 139 Å². The van der Waals surface area contributed by atoms with Gasteiger partial charge in [0.2, 0.25) is 0 Å². The minimum atomic E-state index is -3.72. The first-order chi connectivity index (χ1) is 52.3. The second-order valence-corrected chi connectivity index (χ2v) is 42.2. The molecule has 3 heterocycles. The van der Waals surface area contributed by atoms with Gasteiger partial charge in [0, 0.05) is 38.9 Å². The number of fused-ring (bicyclic) bond motifs is 15. The highest BCUT2D eigenvalue weighted by Gasteiger charge is 2.70. The van der Waals surface area contributed by atoms with E-state index in [2.05, 4.69) is 92.9 Å². The number of nitrogens with zero attached hydrogens (tertiary/aromatic N) is 9. The zero-order valence-electron chi connectivity index (χ0n) is 68.0. The van der Waals surface area contributed by atoms with Crippen LogP contribution < -0.4 is 15.3 Å². The van der Waals surface area contributed by atoms with Crippen molar-refractivity contribution >= 4 is 25.5 Å². The van der Waals surface area contributed by atoms with Crippen LogP contribution in [0.3, 0.4) is 0 Å². The predicted octanol–water partition coefficient (Wildman–Crippen LogP) is 11.4. The highest BCUT2D eigenvalue weighted by molar-refractivity contribution is 7.57.